The Hall–Kier alpha value is -3.06. The molecule has 2 aromatic rings. The summed E-state index contributed by atoms with van der Waals surface area (Å²) in [7, 11) is 0. The molecule has 0 radical (unpaired) electrons. The van der Waals surface area contributed by atoms with Crippen molar-refractivity contribution in [3.8, 4) is 16.9 Å². The van der Waals surface area contributed by atoms with Gasteiger partial charge < -0.3 is 24.4 Å². The maximum Gasteiger partial charge on any atom is 0.409 e. The van der Waals surface area contributed by atoms with Crippen LogP contribution in [0.4, 0.5) is 4.79 Å². The number of benzene rings is 2. The Morgan fingerprint density at radius 2 is 1.76 bits per heavy atom. The summed E-state index contributed by atoms with van der Waals surface area (Å²) >= 11 is 0. The van der Waals surface area contributed by atoms with Crippen molar-refractivity contribution in [3.05, 3.63) is 53.6 Å². The van der Waals surface area contributed by atoms with Gasteiger partial charge in [0.25, 0.3) is 5.91 Å². The van der Waals surface area contributed by atoms with Gasteiger partial charge in [-0.05, 0) is 73.9 Å². The molecule has 1 saturated carbocycles. The zero-order valence-electron chi connectivity index (χ0n) is 19.6. The van der Waals surface area contributed by atoms with Crippen molar-refractivity contribution in [2.45, 2.75) is 45.5 Å². The minimum absolute atomic E-state index is 0.00942. The van der Waals surface area contributed by atoms with Crippen LogP contribution < -0.4 is 10.1 Å². The Bertz CT molecular complexity index is 1030. The van der Waals surface area contributed by atoms with E-state index in [9.17, 15) is 9.59 Å². The summed E-state index contributed by atoms with van der Waals surface area (Å²) in [6.45, 7) is 4.80. The first-order valence-electron chi connectivity index (χ1n) is 12.3. The van der Waals surface area contributed by atoms with E-state index in [4.69, 9.17) is 14.2 Å². The number of rotatable bonds is 6. The quantitative estimate of drug-likeness (QED) is 0.676. The average molecular weight is 465 g/mol. The van der Waals surface area contributed by atoms with Crippen molar-refractivity contribution in [3.63, 3.8) is 0 Å². The Balaban J connectivity index is 1.18. The fourth-order valence-corrected chi connectivity index (χ4v) is 4.59. The lowest BCUT2D eigenvalue weighted by atomic mass is 9.95. The predicted molar refractivity (Wildman–Crippen MR) is 127 cm³/mol. The van der Waals surface area contributed by atoms with Crippen molar-refractivity contribution < 1.29 is 23.8 Å². The van der Waals surface area contributed by atoms with Crippen LogP contribution in [0.3, 0.4) is 0 Å². The number of piperidine rings is 1. The number of likely N-dealkylation sites (tertiary alicyclic amines) is 1. The molecule has 5 rings (SSSR count). The summed E-state index contributed by atoms with van der Waals surface area (Å²) in [5.41, 5.74) is 3.82. The number of carbonyl (C=O) groups excluding carboxylic acids is 2. The van der Waals surface area contributed by atoms with E-state index in [2.05, 4.69) is 11.4 Å². The Morgan fingerprint density at radius 1 is 1.03 bits per heavy atom. The molecule has 0 spiro atoms. The molecule has 1 N–H and O–H groups in total. The summed E-state index contributed by atoms with van der Waals surface area (Å²) in [5, 5.41) is 3.01. The first-order valence-corrected chi connectivity index (χ1v) is 12.3. The summed E-state index contributed by atoms with van der Waals surface area (Å²) in [6, 6.07) is 13.9. The Morgan fingerprint density at radius 3 is 2.47 bits per heavy atom. The van der Waals surface area contributed by atoms with Gasteiger partial charge in [-0.25, -0.2) is 4.79 Å². The molecule has 2 amide bonds. The van der Waals surface area contributed by atoms with Crippen LogP contribution in [0.1, 0.15) is 48.5 Å². The normalized spacial score (nSPS) is 20.3. The van der Waals surface area contributed by atoms with Crippen molar-refractivity contribution in [2.24, 2.45) is 11.8 Å². The van der Waals surface area contributed by atoms with Crippen LogP contribution in [0.5, 0.6) is 5.75 Å². The molecule has 2 fully saturated rings. The molecule has 1 atom stereocenters. The highest BCUT2D eigenvalue weighted by Gasteiger charge is 2.33. The van der Waals surface area contributed by atoms with Gasteiger partial charge in [-0.15, -0.1) is 0 Å². The second-order valence-corrected chi connectivity index (χ2v) is 9.37. The van der Waals surface area contributed by atoms with Crippen LogP contribution in [0, 0.1) is 11.8 Å². The lowest BCUT2D eigenvalue weighted by Crippen LogP contribution is -2.44. The van der Waals surface area contributed by atoms with Gasteiger partial charge in [0.1, 0.15) is 5.75 Å². The molecule has 3 aliphatic rings. The van der Waals surface area contributed by atoms with E-state index >= 15 is 0 Å². The van der Waals surface area contributed by atoms with Gasteiger partial charge in [-0.2, -0.15) is 0 Å². The molecule has 1 aliphatic carbocycles. The number of ether oxygens (including phenoxy) is 3. The van der Waals surface area contributed by atoms with E-state index < -0.39 is 0 Å². The number of hydrogen-bond donors (Lipinski definition) is 1. The molecule has 7 heteroatoms. The third kappa shape index (κ3) is 5.20. The van der Waals surface area contributed by atoms with Gasteiger partial charge in [-0.3, -0.25) is 4.79 Å². The molecule has 34 heavy (non-hydrogen) atoms. The smallest absolute Gasteiger partial charge is 0.409 e. The van der Waals surface area contributed by atoms with E-state index in [-0.39, 0.29) is 24.2 Å². The maximum absolute atomic E-state index is 12.3. The van der Waals surface area contributed by atoms with E-state index in [1.165, 1.54) is 12.8 Å². The van der Waals surface area contributed by atoms with Crippen LogP contribution in [0.25, 0.3) is 11.1 Å². The Labute approximate surface area is 200 Å². The zero-order chi connectivity index (χ0) is 23.5. The number of nitrogens with one attached hydrogen (secondary N) is 1. The molecule has 0 aromatic heterocycles. The van der Waals surface area contributed by atoms with Crippen molar-refractivity contribution in [1.29, 1.82) is 0 Å². The first kappa shape index (κ1) is 22.7. The number of hydrogen-bond acceptors (Lipinski definition) is 5. The molecular weight excluding hydrogens is 432 g/mol. The lowest BCUT2D eigenvalue weighted by Gasteiger charge is -2.37. The van der Waals surface area contributed by atoms with Gasteiger partial charge in [-0.1, -0.05) is 18.2 Å². The molecule has 7 nitrogen and oxygen atoms in total. The highest BCUT2D eigenvalue weighted by molar-refractivity contribution is 5.94. The number of carbonyl (C=O) groups is 2. The third-order valence-corrected chi connectivity index (χ3v) is 6.89. The maximum atomic E-state index is 12.3. The second kappa shape index (κ2) is 10.1. The first-order chi connectivity index (χ1) is 16.6. The van der Waals surface area contributed by atoms with Crippen molar-refractivity contribution in [1.82, 2.24) is 10.2 Å². The van der Waals surface area contributed by atoms with Crippen molar-refractivity contribution >= 4 is 12.0 Å². The fourth-order valence-electron chi connectivity index (χ4n) is 4.59. The third-order valence-electron chi connectivity index (χ3n) is 6.89. The number of nitrogens with zero attached hydrogens (tertiary/aromatic N) is 1. The van der Waals surface area contributed by atoms with Crippen molar-refractivity contribution in [2.75, 3.05) is 26.2 Å². The van der Waals surface area contributed by atoms with Crippen LogP contribution in [-0.2, 0) is 16.1 Å². The summed E-state index contributed by atoms with van der Waals surface area (Å²) in [4.78, 5) is 26.0. The predicted octanol–water partition coefficient (Wildman–Crippen LogP) is 4.60. The minimum atomic E-state index is -0.295. The van der Waals surface area contributed by atoms with E-state index in [0.29, 0.717) is 37.8 Å². The number of amides is 2. The van der Waals surface area contributed by atoms with Gasteiger partial charge in [0.2, 0.25) is 6.29 Å². The van der Waals surface area contributed by atoms with Gasteiger partial charge >= 0.3 is 6.09 Å². The van der Waals surface area contributed by atoms with Crippen LogP contribution >= 0.6 is 0 Å². The summed E-state index contributed by atoms with van der Waals surface area (Å²) in [5.74, 6) is 1.76. The number of fused-ring (bicyclic) bond motifs is 1. The standard InChI is InChI=1S/C27H32N2O5/c1-2-32-27(31)29-13-11-21(12-14-29)26-33-17-23-15-22(9-10-24(23)34-26)19-5-7-20(8-6-19)25(30)28-16-18-3-4-18/h5-10,15,18,21,26H,2-4,11-14,16-17H2,1H3,(H,28,30). The molecule has 2 heterocycles. The second-order valence-electron chi connectivity index (χ2n) is 9.37. The molecule has 2 aromatic carbocycles. The fraction of sp³-hybridized carbons (Fsp3) is 0.481. The SMILES string of the molecule is CCOC(=O)N1CCC(C2OCc3cc(-c4ccc(C(=O)NCC5CC5)cc4)ccc3O2)CC1. The highest BCUT2D eigenvalue weighted by atomic mass is 16.7. The van der Waals surface area contributed by atoms with Gasteiger partial charge in [0.15, 0.2) is 0 Å². The minimum Gasteiger partial charge on any atom is -0.464 e. The summed E-state index contributed by atoms with van der Waals surface area (Å²) < 4.78 is 17.4. The van der Waals surface area contributed by atoms with Crippen LogP contribution in [-0.4, -0.2) is 49.4 Å². The topological polar surface area (TPSA) is 77.1 Å². The van der Waals surface area contributed by atoms with Crippen LogP contribution in [0.15, 0.2) is 42.5 Å². The molecule has 1 saturated heterocycles. The van der Waals surface area contributed by atoms with Gasteiger partial charge in [0, 0.05) is 36.7 Å². The van der Waals surface area contributed by atoms with E-state index in [1.54, 1.807) is 4.90 Å². The van der Waals surface area contributed by atoms with E-state index in [0.717, 1.165) is 41.8 Å². The zero-order valence-corrected chi connectivity index (χ0v) is 19.6. The van der Waals surface area contributed by atoms with Gasteiger partial charge in [0.05, 0.1) is 13.2 Å². The Kier molecular flexibility index (Phi) is 6.72. The van der Waals surface area contributed by atoms with E-state index in [1.807, 2.05) is 43.3 Å². The molecule has 1 unspecified atom stereocenters. The average Bonchev–Trinajstić information content (AvgIpc) is 3.72. The lowest BCUT2D eigenvalue weighted by molar-refractivity contribution is -0.148. The summed E-state index contributed by atoms with van der Waals surface area (Å²) in [6.07, 6.45) is 3.57. The molecular formula is C27H32N2O5. The monoisotopic (exact) mass is 464 g/mol. The highest BCUT2D eigenvalue weighted by Crippen LogP contribution is 2.35. The van der Waals surface area contributed by atoms with Crippen LogP contribution in [0.2, 0.25) is 0 Å². The largest absolute Gasteiger partial charge is 0.464 e. The molecule has 2 aliphatic heterocycles. The molecule has 180 valence electrons. The molecule has 0 bridgehead atoms.